The van der Waals surface area contributed by atoms with E-state index in [2.05, 4.69) is 4.98 Å². The molecule has 0 unspecified atom stereocenters. The van der Waals surface area contributed by atoms with Gasteiger partial charge in [0.1, 0.15) is 4.90 Å². The van der Waals surface area contributed by atoms with E-state index in [0.29, 0.717) is 11.0 Å². The first kappa shape index (κ1) is 15.5. The van der Waals surface area contributed by atoms with Crippen molar-refractivity contribution in [1.29, 1.82) is 0 Å². The highest BCUT2D eigenvalue weighted by Gasteiger charge is 2.20. The molecule has 7 nitrogen and oxygen atoms in total. The van der Waals surface area contributed by atoms with Gasteiger partial charge >= 0.3 is 0 Å². The van der Waals surface area contributed by atoms with Gasteiger partial charge in [-0.1, -0.05) is 23.7 Å². The molecule has 1 heterocycles. The molecular formula is C14H11ClN4O3S. The van der Waals surface area contributed by atoms with E-state index in [1.165, 1.54) is 16.7 Å². The monoisotopic (exact) mass is 350 g/mol. The Hall–Kier alpha value is -2.42. The Kier molecular flexibility index (Phi) is 3.59. The number of imidazole rings is 1. The molecule has 3 rings (SSSR count). The first-order valence-electron chi connectivity index (χ1n) is 6.39. The second-order valence-electron chi connectivity index (χ2n) is 4.79. The summed E-state index contributed by atoms with van der Waals surface area (Å²) in [5, 5.41) is 5.04. The Bertz CT molecular complexity index is 1040. The molecule has 0 spiro atoms. The Morgan fingerprint density at radius 2 is 1.87 bits per heavy atom. The first-order valence-corrected chi connectivity index (χ1v) is 8.31. The van der Waals surface area contributed by atoms with Gasteiger partial charge in [0, 0.05) is 5.56 Å². The van der Waals surface area contributed by atoms with Crippen molar-refractivity contribution in [3.8, 4) is 0 Å². The summed E-state index contributed by atoms with van der Waals surface area (Å²) in [5.74, 6) is -0.527. The quantitative estimate of drug-likeness (QED) is 0.727. The summed E-state index contributed by atoms with van der Waals surface area (Å²) < 4.78 is 24.3. The molecule has 0 aliphatic carbocycles. The lowest BCUT2D eigenvalue weighted by molar-refractivity contribution is 0.0966. The van der Waals surface area contributed by atoms with E-state index in [9.17, 15) is 13.2 Å². The lowest BCUT2D eigenvalue weighted by atomic mass is 10.2. The van der Waals surface area contributed by atoms with Crippen LogP contribution in [0.15, 0.2) is 47.4 Å². The van der Waals surface area contributed by atoms with Gasteiger partial charge in [-0.2, -0.15) is 0 Å². The van der Waals surface area contributed by atoms with Gasteiger partial charge in [-0.15, -0.1) is 0 Å². The summed E-state index contributed by atoms with van der Waals surface area (Å²) in [5.41, 5.74) is 6.95. The molecule has 4 N–H and O–H groups in total. The van der Waals surface area contributed by atoms with Crippen molar-refractivity contribution in [3.63, 3.8) is 0 Å². The van der Waals surface area contributed by atoms with Crippen LogP contribution in [0.4, 0.5) is 5.95 Å². The van der Waals surface area contributed by atoms with Gasteiger partial charge < -0.3 is 5.73 Å². The first-order chi connectivity index (χ1) is 10.8. The van der Waals surface area contributed by atoms with Crippen LogP contribution in [0, 0.1) is 0 Å². The summed E-state index contributed by atoms with van der Waals surface area (Å²) in [6, 6.07) is 10.7. The van der Waals surface area contributed by atoms with Crippen LogP contribution in [0.2, 0.25) is 5.02 Å². The van der Waals surface area contributed by atoms with Crippen molar-refractivity contribution in [2.24, 2.45) is 5.14 Å². The lowest BCUT2D eigenvalue weighted by Crippen LogP contribution is -2.17. The number of benzene rings is 2. The van der Waals surface area contributed by atoms with Crippen LogP contribution in [0.5, 0.6) is 0 Å². The molecule has 0 fully saturated rings. The van der Waals surface area contributed by atoms with Crippen molar-refractivity contribution < 1.29 is 13.2 Å². The van der Waals surface area contributed by atoms with Crippen LogP contribution in [0.3, 0.4) is 0 Å². The molecule has 0 radical (unpaired) electrons. The topological polar surface area (TPSA) is 121 Å². The van der Waals surface area contributed by atoms with Crippen LogP contribution in [-0.2, 0) is 10.0 Å². The van der Waals surface area contributed by atoms with E-state index < -0.39 is 15.9 Å². The normalized spacial score (nSPS) is 11.7. The maximum absolute atomic E-state index is 12.7. The number of aromatic nitrogens is 2. The average molecular weight is 351 g/mol. The highest BCUT2D eigenvalue weighted by atomic mass is 35.5. The van der Waals surface area contributed by atoms with Crippen molar-refractivity contribution in [2.75, 3.05) is 5.73 Å². The van der Waals surface area contributed by atoms with Gasteiger partial charge in [0.2, 0.25) is 16.0 Å². The number of rotatable bonds is 2. The summed E-state index contributed by atoms with van der Waals surface area (Å²) in [6.07, 6.45) is 0. The van der Waals surface area contributed by atoms with Crippen LogP contribution in [0.25, 0.3) is 11.0 Å². The highest BCUT2D eigenvalue weighted by molar-refractivity contribution is 7.89. The summed E-state index contributed by atoms with van der Waals surface area (Å²) in [4.78, 5) is 16.5. The molecule has 23 heavy (non-hydrogen) atoms. The van der Waals surface area contributed by atoms with Crippen molar-refractivity contribution in [2.45, 2.75) is 4.90 Å². The second kappa shape index (κ2) is 5.34. The molecule has 0 saturated carbocycles. The smallest absolute Gasteiger partial charge is 0.265 e. The number of para-hydroxylation sites is 2. The van der Waals surface area contributed by atoms with Crippen LogP contribution < -0.4 is 10.9 Å². The Morgan fingerprint density at radius 3 is 2.57 bits per heavy atom. The molecule has 0 amide bonds. The third-order valence-electron chi connectivity index (χ3n) is 3.27. The summed E-state index contributed by atoms with van der Waals surface area (Å²) >= 11 is 5.82. The van der Waals surface area contributed by atoms with E-state index in [0.717, 1.165) is 6.07 Å². The van der Waals surface area contributed by atoms with Crippen LogP contribution in [0.1, 0.15) is 10.4 Å². The molecule has 9 heteroatoms. The van der Waals surface area contributed by atoms with Gasteiger partial charge in [-0.3, -0.25) is 4.79 Å². The van der Waals surface area contributed by atoms with E-state index in [-0.39, 0.29) is 21.4 Å². The molecule has 0 aliphatic rings. The maximum atomic E-state index is 12.7. The third-order valence-corrected chi connectivity index (χ3v) is 4.67. The van der Waals surface area contributed by atoms with Crippen LogP contribution >= 0.6 is 11.6 Å². The van der Waals surface area contributed by atoms with Crippen molar-refractivity contribution in [3.05, 3.63) is 53.1 Å². The molecular weight excluding hydrogens is 340 g/mol. The minimum Gasteiger partial charge on any atom is -0.369 e. The SMILES string of the molecule is Nc1nc2ccccc2n1C(=O)c1ccc(Cl)c(S(N)(=O)=O)c1. The largest absolute Gasteiger partial charge is 0.369 e. The molecule has 1 aromatic heterocycles. The molecule has 118 valence electrons. The summed E-state index contributed by atoms with van der Waals surface area (Å²) in [6.45, 7) is 0. The zero-order valence-corrected chi connectivity index (χ0v) is 13.2. The molecule has 2 aromatic carbocycles. The Balaban J connectivity index is 2.19. The fourth-order valence-corrected chi connectivity index (χ4v) is 3.31. The number of nitrogens with two attached hydrogens (primary N) is 2. The van der Waals surface area contributed by atoms with Crippen molar-refractivity contribution in [1.82, 2.24) is 9.55 Å². The number of carbonyl (C=O) groups excluding carboxylic acids is 1. The number of nitrogen functional groups attached to an aromatic ring is 1. The predicted molar refractivity (Wildman–Crippen MR) is 86.7 cm³/mol. The standard InChI is InChI=1S/C14H11ClN4O3S/c15-9-6-5-8(7-12(9)23(17,21)22)13(20)19-11-4-2-1-3-10(11)18-14(19)16/h1-7H,(H2,16,18)(H2,17,21,22). The van der Waals surface area contributed by atoms with Gasteiger partial charge in [0.05, 0.1) is 16.1 Å². The van der Waals surface area contributed by atoms with Crippen molar-refractivity contribution >= 4 is 44.5 Å². The Labute approximate surface area is 136 Å². The average Bonchev–Trinajstić information content (AvgIpc) is 2.81. The molecule has 0 saturated heterocycles. The van der Waals surface area contributed by atoms with Gasteiger partial charge in [-0.25, -0.2) is 23.1 Å². The van der Waals surface area contributed by atoms with E-state index in [1.807, 2.05) is 0 Å². The fraction of sp³-hybridized carbons (Fsp3) is 0. The van der Waals surface area contributed by atoms with E-state index in [1.54, 1.807) is 24.3 Å². The number of primary sulfonamides is 1. The minimum atomic E-state index is -4.05. The number of nitrogens with zero attached hydrogens (tertiary/aromatic N) is 2. The number of sulfonamides is 1. The third kappa shape index (κ3) is 2.67. The zero-order chi connectivity index (χ0) is 16.8. The molecule has 0 atom stereocenters. The molecule has 0 aliphatic heterocycles. The summed E-state index contributed by atoms with van der Waals surface area (Å²) in [7, 11) is -4.05. The second-order valence-corrected chi connectivity index (χ2v) is 6.73. The van der Waals surface area contributed by atoms with Gasteiger partial charge in [-0.05, 0) is 30.3 Å². The number of carbonyl (C=O) groups is 1. The van der Waals surface area contributed by atoms with Gasteiger partial charge in [0.15, 0.2) is 0 Å². The highest BCUT2D eigenvalue weighted by Crippen LogP contribution is 2.24. The number of hydrogen-bond acceptors (Lipinski definition) is 5. The number of fused-ring (bicyclic) bond motifs is 1. The Morgan fingerprint density at radius 1 is 1.17 bits per heavy atom. The molecule has 0 bridgehead atoms. The number of hydrogen-bond donors (Lipinski definition) is 2. The van der Waals surface area contributed by atoms with Gasteiger partial charge in [0.25, 0.3) is 5.91 Å². The minimum absolute atomic E-state index is 0.00306. The maximum Gasteiger partial charge on any atom is 0.265 e. The lowest BCUT2D eigenvalue weighted by Gasteiger charge is -2.08. The zero-order valence-electron chi connectivity index (χ0n) is 11.6. The van der Waals surface area contributed by atoms with E-state index in [4.69, 9.17) is 22.5 Å². The fourth-order valence-electron chi connectivity index (χ4n) is 2.24. The van der Waals surface area contributed by atoms with Crippen LogP contribution in [-0.4, -0.2) is 23.9 Å². The van der Waals surface area contributed by atoms with E-state index >= 15 is 0 Å². The number of anilines is 1. The number of halogens is 1. The molecule has 3 aromatic rings. The predicted octanol–water partition coefficient (Wildman–Crippen LogP) is 1.61.